The predicted octanol–water partition coefficient (Wildman–Crippen LogP) is 1.67. The molecule has 0 saturated heterocycles. The van der Waals surface area contributed by atoms with E-state index in [4.69, 9.17) is 0 Å². The molecule has 0 N–H and O–H groups in total. The summed E-state index contributed by atoms with van der Waals surface area (Å²) in [6.07, 6.45) is 3.46. The zero-order valence-electron chi connectivity index (χ0n) is 9.19. The Kier molecular flexibility index (Phi) is 3.80. The van der Waals surface area contributed by atoms with Crippen molar-refractivity contribution in [2.24, 2.45) is 0 Å². The third-order valence-corrected chi connectivity index (χ3v) is 2.73. The number of hydrogen-bond acceptors (Lipinski definition) is 2. The van der Waals surface area contributed by atoms with E-state index in [1.165, 1.54) is 18.5 Å². The van der Waals surface area contributed by atoms with Gasteiger partial charge in [0.15, 0.2) is 5.43 Å². The molecule has 0 radical (unpaired) electrons. The predicted molar refractivity (Wildman–Crippen MR) is 65.2 cm³/mol. The van der Waals surface area contributed by atoms with E-state index < -0.39 is 0 Å². The summed E-state index contributed by atoms with van der Waals surface area (Å²) in [5.74, 6) is 1.03. The molecule has 4 heteroatoms. The number of pyridine rings is 1. The van der Waals surface area contributed by atoms with Crippen LogP contribution in [0.3, 0.4) is 0 Å². The normalized spacial score (nSPS) is 14.0. The van der Waals surface area contributed by atoms with Crippen LogP contribution >= 0.6 is 12.4 Å². The average molecular weight is 229 g/mol. The van der Waals surface area contributed by atoms with Gasteiger partial charge in [-0.15, -0.1) is 12.4 Å². The van der Waals surface area contributed by atoms with E-state index >= 15 is 0 Å². The summed E-state index contributed by atoms with van der Waals surface area (Å²) in [6, 6.07) is 3.49. The molecule has 0 aliphatic carbocycles. The quantitative estimate of drug-likeness (QED) is 0.731. The number of halogens is 1. The van der Waals surface area contributed by atoms with Crippen molar-refractivity contribution in [2.75, 3.05) is 19.0 Å². The first-order valence-corrected chi connectivity index (χ1v) is 5.09. The van der Waals surface area contributed by atoms with E-state index in [-0.39, 0.29) is 17.8 Å². The maximum Gasteiger partial charge on any atom is 0.183 e. The highest BCUT2D eigenvalue weighted by Gasteiger charge is 2.12. The maximum absolute atomic E-state index is 11.4. The molecule has 0 atom stereocenters. The Balaban J connectivity index is 0.00000112. The average Bonchev–Trinajstić information content (AvgIpc) is 2.16. The van der Waals surface area contributed by atoms with Crippen LogP contribution in [0.25, 0.3) is 0 Å². The van der Waals surface area contributed by atoms with Crippen LogP contribution in [-0.2, 0) is 13.0 Å². The van der Waals surface area contributed by atoms with Crippen LogP contribution in [0.5, 0.6) is 0 Å². The molecule has 0 saturated carbocycles. The molecular weight excluding hydrogens is 212 g/mol. The van der Waals surface area contributed by atoms with Crippen molar-refractivity contribution in [3.8, 4) is 0 Å². The number of fused-ring (bicyclic) bond motifs is 1. The van der Waals surface area contributed by atoms with Crippen molar-refractivity contribution >= 4 is 18.2 Å². The highest BCUT2D eigenvalue weighted by molar-refractivity contribution is 5.85. The Morgan fingerprint density at radius 3 is 2.67 bits per heavy atom. The Labute approximate surface area is 96.1 Å². The van der Waals surface area contributed by atoms with E-state index in [2.05, 4.69) is 4.57 Å². The molecule has 0 aromatic carbocycles. The van der Waals surface area contributed by atoms with Gasteiger partial charge in [0.2, 0.25) is 0 Å². The van der Waals surface area contributed by atoms with Crippen LogP contribution < -0.4 is 10.3 Å². The minimum Gasteiger partial charge on any atom is -0.364 e. The first-order chi connectivity index (χ1) is 6.68. The van der Waals surface area contributed by atoms with Crippen LogP contribution in [-0.4, -0.2) is 18.7 Å². The lowest BCUT2D eigenvalue weighted by atomic mass is 10.1. The van der Waals surface area contributed by atoms with Gasteiger partial charge in [-0.1, -0.05) is 0 Å². The van der Waals surface area contributed by atoms with Gasteiger partial charge >= 0.3 is 0 Å². The zero-order valence-corrected chi connectivity index (χ0v) is 10.0. The van der Waals surface area contributed by atoms with E-state index in [0.717, 1.165) is 18.8 Å². The van der Waals surface area contributed by atoms with Crippen LogP contribution in [0, 0.1) is 0 Å². The number of rotatable bonds is 1. The van der Waals surface area contributed by atoms with Crippen molar-refractivity contribution in [3.05, 3.63) is 28.0 Å². The van der Waals surface area contributed by atoms with E-state index in [0.29, 0.717) is 0 Å². The van der Waals surface area contributed by atoms with Crippen LogP contribution in [0.2, 0.25) is 0 Å². The van der Waals surface area contributed by atoms with Crippen LogP contribution in [0.15, 0.2) is 16.9 Å². The van der Waals surface area contributed by atoms with Gasteiger partial charge in [-0.3, -0.25) is 4.79 Å². The number of aryl methyl sites for hydroxylation is 1. The molecular formula is C11H17ClN2O. The second kappa shape index (κ2) is 4.71. The van der Waals surface area contributed by atoms with Crippen molar-refractivity contribution in [3.63, 3.8) is 0 Å². The minimum absolute atomic E-state index is 0. The van der Waals surface area contributed by atoms with E-state index in [1.54, 1.807) is 12.1 Å². The third-order valence-electron chi connectivity index (χ3n) is 2.73. The zero-order chi connectivity index (χ0) is 10.1. The monoisotopic (exact) mass is 228 g/mol. The number of aromatic nitrogens is 1. The van der Waals surface area contributed by atoms with Gasteiger partial charge in [-0.05, 0) is 19.3 Å². The molecule has 0 spiro atoms. The summed E-state index contributed by atoms with van der Waals surface area (Å²) in [7, 11) is 3.97. The maximum atomic E-state index is 11.4. The van der Waals surface area contributed by atoms with Gasteiger partial charge in [0.05, 0.1) is 0 Å². The van der Waals surface area contributed by atoms with Gasteiger partial charge in [-0.2, -0.15) is 0 Å². The summed E-state index contributed by atoms with van der Waals surface area (Å²) in [6.45, 7) is 1.04. The van der Waals surface area contributed by atoms with Gasteiger partial charge in [0.1, 0.15) is 5.82 Å². The largest absolute Gasteiger partial charge is 0.364 e. The summed E-state index contributed by atoms with van der Waals surface area (Å²) in [5, 5.41) is 0. The molecule has 1 aliphatic rings. The molecule has 1 aliphatic heterocycles. The molecule has 1 aromatic rings. The topological polar surface area (TPSA) is 25.2 Å². The van der Waals surface area contributed by atoms with Gasteiger partial charge < -0.3 is 9.47 Å². The summed E-state index contributed by atoms with van der Waals surface area (Å²) in [4.78, 5) is 13.4. The fraction of sp³-hybridized carbons (Fsp3) is 0.545. The molecule has 2 rings (SSSR count). The molecule has 2 heterocycles. The smallest absolute Gasteiger partial charge is 0.183 e. The number of anilines is 1. The van der Waals surface area contributed by atoms with Crippen molar-refractivity contribution in [1.29, 1.82) is 0 Å². The molecule has 0 amide bonds. The van der Waals surface area contributed by atoms with Gasteiger partial charge in [0.25, 0.3) is 0 Å². The Hall–Kier alpha value is -0.960. The fourth-order valence-corrected chi connectivity index (χ4v) is 2.05. The van der Waals surface area contributed by atoms with Crippen LogP contribution in [0.4, 0.5) is 5.82 Å². The lowest BCUT2D eigenvalue weighted by Crippen LogP contribution is -2.24. The van der Waals surface area contributed by atoms with E-state index in [9.17, 15) is 4.79 Å². The SMILES string of the molecule is CN(C)c1cc(=O)cc2n1CCCC2.Cl. The van der Waals surface area contributed by atoms with Crippen LogP contribution in [0.1, 0.15) is 18.5 Å². The van der Waals surface area contributed by atoms with E-state index in [1.807, 2.05) is 19.0 Å². The third kappa shape index (κ3) is 2.34. The number of hydrogen-bond donors (Lipinski definition) is 0. The second-order valence-electron chi connectivity index (χ2n) is 4.04. The molecule has 1 aromatic heterocycles. The Morgan fingerprint density at radius 2 is 2.00 bits per heavy atom. The summed E-state index contributed by atoms with van der Waals surface area (Å²) in [5.41, 5.74) is 1.31. The lowest BCUT2D eigenvalue weighted by Gasteiger charge is -2.26. The summed E-state index contributed by atoms with van der Waals surface area (Å²) >= 11 is 0. The molecule has 84 valence electrons. The Morgan fingerprint density at radius 1 is 1.27 bits per heavy atom. The highest BCUT2D eigenvalue weighted by atomic mass is 35.5. The van der Waals surface area contributed by atoms with Crippen molar-refractivity contribution < 1.29 is 0 Å². The standard InChI is InChI=1S/C11H16N2O.ClH/c1-12(2)11-8-10(14)7-9-5-3-4-6-13(9)11;/h7-8H,3-6H2,1-2H3;1H. The highest BCUT2D eigenvalue weighted by Crippen LogP contribution is 2.19. The molecule has 0 fully saturated rings. The fourth-order valence-electron chi connectivity index (χ4n) is 2.05. The second-order valence-corrected chi connectivity index (χ2v) is 4.04. The minimum atomic E-state index is 0. The molecule has 0 unspecified atom stereocenters. The first-order valence-electron chi connectivity index (χ1n) is 5.09. The van der Waals surface area contributed by atoms with Crippen molar-refractivity contribution in [2.45, 2.75) is 25.8 Å². The molecule has 15 heavy (non-hydrogen) atoms. The first kappa shape index (κ1) is 12.1. The van der Waals surface area contributed by atoms with Crippen molar-refractivity contribution in [1.82, 2.24) is 4.57 Å². The van der Waals surface area contributed by atoms with Gasteiger partial charge in [0, 0.05) is 38.5 Å². The molecule has 0 bridgehead atoms. The molecule has 3 nitrogen and oxygen atoms in total. The summed E-state index contributed by atoms with van der Waals surface area (Å²) < 4.78 is 2.25. The Bertz CT molecular complexity index is 398. The van der Waals surface area contributed by atoms with Gasteiger partial charge in [-0.25, -0.2) is 0 Å². The number of nitrogens with zero attached hydrogens (tertiary/aromatic N) is 2. The lowest BCUT2D eigenvalue weighted by molar-refractivity contribution is 0.524.